The number of halogens is 1. The summed E-state index contributed by atoms with van der Waals surface area (Å²) in [4.78, 5) is 4.71. The molecule has 3 nitrogen and oxygen atoms in total. The third-order valence-corrected chi connectivity index (χ3v) is 3.71. The Bertz CT molecular complexity index is 581. The number of aryl methyl sites for hydroxylation is 1. The summed E-state index contributed by atoms with van der Waals surface area (Å²) in [5, 5.41) is 0.741. The van der Waals surface area contributed by atoms with Crippen molar-refractivity contribution in [2.24, 2.45) is 11.1 Å². The zero-order chi connectivity index (χ0) is 14.2. The summed E-state index contributed by atoms with van der Waals surface area (Å²) in [6, 6.07) is 5.72. The van der Waals surface area contributed by atoms with Crippen molar-refractivity contribution in [3.05, 3.63) is 29.0 Å². The molecule has 1 atom stereocenters. The summed E-state index contributed by atoms with van der Waals surface area (Å²) >= 11 is 6.33. The van der Waals surface area contributed by atoms with E-state index in [1.165, 1.54) is 0 Å². The minimum Gasteiger partial charge on any atom is -0.325 e. The lowest BCUT2D eigenvalue weighted by Crippen LogP contribution is -2.29. The highest BCUT2D eigenvalue weighted by atomic mass is 35.5. The van der Waals surface area contributed by atoms with Crippen LogP contribution in [0.15, 0.2) is 18.2 Å². The topological polar surface area (TPSA) is 43.8 Å². The van der Waals surface area contributed by atoms with Crippen LogP contribution in [0.5, 0.6) is 0 Å². The molecular formula is C15H22ClN3. The number of benzene rings is 1. The van der Waals surface area contributed by atoms with E-state index in [-0.39, 0.29) is 11.5 Å². The normalized spacial score (nSPS) is 14.0. The SMILES string of the molecule is CCCn1c(C(N)C(C)(C)C)nc2cccc(Cl)c21. The summed E-state index contributed by atoms with van der Waals surface area (Å²) in [5.41, 5.74) is 8.29. The van der Waals surface area contributed by atoms with Crippen molar-refractivity contribution in [3.8, 4) is 0 Å². The van der Waals surface area contributed by atoms with E-state index in [1.807, 2.05) is 18.2 Å². The lowest BCUT2D eigenvalue weighted by Gasteiger charge is -2.27. The Morgan fingerprint density at radius 3 is 2.63 bits per heavy atom. The molecule has 0 saturated carbocycles. The van der Waals surface area contributed by atoms with E-state index >= 15 is 0 Å². The average molecular weight is 280 g/mol. The zero-order valence-electron chi connectivity index (χ0n) is 12.1. The van der Waals surface area contributed by atoms with Crippen LogP contribution in [0.1, 0.15) is 46.0 Å². The molecule has 104 valence electrons. The monoisotopic (exact) mass is 279 g/mol. The molecule has 0 aliphatic rings. The zero-order valence-corrected chi connectivity index (χ0v) is 12.8. The van der Waals surface area contributed by atoms with Crippen LogP contribution in [-0.4, -0.2) is 9.55 Å². The first-order chi connectivity index (χ1) is 8.86. The van der Waals surface area contributed by atoms with Gasteiger partial charge in [0.05, 0.1) is 22.1 Å². The van der Waals surface area contributed by atoms with Gasteiger partial charge in [0.15, 0.2) is 0 Å². The van der Waals surface area contributed by atoms with Crippen molar-refractivity contribution in [3.63, 3.8) is 0 Å². The van der Waals surface area contributed by atoms with Gasteiger partial charge in [-0.25, -0.2) is 4.98 Å². The van der Waals surface area contributed by atoms with Crippen LogP contribution in [0.3, 0.4) is 0 Å². The number of para-hydroxylation sites is 1. The summed E-state index contributed by atoms with van der Waals surface area (Å²) in [6.07, 6.45) is 1.03. The molecule has 0 radical (unpaired) electrons. The fourth-order valence-corrected chi connectivity index (χ4v) is 2.51. The van der Waals surface area contributed by atoms with E-state index in [4.69, 9.17) is 22.3 Å². The number of hydrogen-bond donors (Lipinski definition) is 1. The van der Waals surface area contributed by atoms with Gasteiger partial charge < -0.3 is 10.3 Å². The largest absolute Gasteiger partial charge is 0.325 e. The minimum atomic E-state index is -0.109. The molecular weight excluding hydrogens is 258 g/mol. The van der Waals surface area contributed by atoms with Gasteiger partial charge in [-0.15, -0.1) is 0 Å². The smallest absolute Gasteiger partial charge is 0.127 e. The maximum absolute atomic E-state index is 6.39. The Hall–Kier alpha value is -1.06. The van der Waals surface area contributed by atoms with Crippen LogP contribution in [0.25, 0.3) is 11.0 Å². The maximum atomic E-state index is 6.39. The van der Waals surface area contributed by atoms with Crippen molar-refractivity contribution in [1.29, 1.82) is 0 Å². The van der Waals surface area contributed by atoms with Crippen LogP contribution < -0.4 is 5.73 Å². The van der Waals surface area contributed by atoms with Gasteiger partial charge in [-0.1, -0.05) is 45.4 Å². The number of fused-ring (bicyclic) bond motifs is 1. The fourth-order valence-electron chi connectivity index (χ4n) is 2.23. The second-order valence-electron chi connectivity index (χ2n) is 6.07. The van der Waals surface area contributed by atoms with Crippen molar-refractivity contribution in [2.45, 2.75) is 46.7 Å². The summed E-state index contributed by atoms with van der Waals surface area (Å²) in [7, 11) is 0. The minimum absolute atomic E-state index is 0.0284. The number of nitrogens with zero attached hydrogens (tertiary/aromatic N) is 2. The van der Waals surface area contributed by atoms with Gasteiger partial charge in [0.25, 0.3) is 0 Å². The highest BCUT2D eigenvalue weighted by Gasteiger charge is 2.27. The van der Waals surface area contributed by atoms with E-state index in [9.17, 15) is 0 Å². The second-order valence-corrected chi connectivity index (χ2v) is 6.48. The van der Waals surface area contributed by atoms with Crippen LogP contribution >= 0.6 is 11.6 Å². The van der Waals surface area contributed by atoms with Gasteiger partial charge in [0.2, 0.25) is 0 Å². The Morgan fingerprint density at radius 1 is 1.37 bits per heavy atom. The van der Waals surface area contributed by atoms with Gasteiger partial charge >= 0.3 is 0 Å². The van der Waals surface area contributed by atoms with Gasteiger partial charge in [0, 0.05) is 6.54 Å². The second kappa shape index (κ2) is 5.14. The Balaban J connectivity index is 2.67. The fraction of sp³-hybridized carbons (Fsp3) is 0.533. The first kappa shape index (κ1) is 14.4. The molecule has 1 aromatic heterocycles. The standard InChI is InChI=1S/C15H22ClN3/c1-5-9-19-12-10(16)7-6-8-11(12)18-14(19)13(17)15(2,3)4/h6-8,13H,5,9,17H2,1-4H3. The molecule has 2 rings (SSSR count). The molecule has 0 amide bonds. The molecule has 0 aliphatic carbocycles. The van der Waals surface area contributed by atoms with Gasteiger partial charge in [-0.05, 0) is 24.0 Å². The molecule has 1 unspecified atom stereocenters. The van der Waals surface area contributed by atoms with E-state index < -0.39 is 0 Å². The van der Waals surface area contributed by atoms with Crippen LogP contribution in [0, 0.1) is 5.41 Å². The van der Waals surface area contributed by atoms with Gasteiger partial charge in [-0.2, -0.15) is 0 Å². The van der Waals surface area contributed by atoms with Crippen LogP contribution in [0.4, 0.5) is 0 Å². The van der Waals surface area contributed by atoms with Crippen molar-refractivity contribution in [2.75, 3.05) is 0 Å². The Morgan fingerprint density at radius 2 is 2.05 bits per heavy atom. The molecule has 2 aromatic rings. The predicted octanol–water partition coefficient (Wildman–Crippen LogP) is 4.15. The van der Waals surface area contributed by atoms with E-state index in [0.717, 1.165) is 34.8 Å². The molecule has 1 heterocycles. The first-order valence-electron chi connectivity index (χ1n) is 6.76. The molecule has 0 fully saturated rings. The lowest BCUT2D eigenvalue weighted by molar-refractivity contribution is 0.308. The number of rotatable bonds is 3. The Kier molecular flexibility index (Phi) is 3.88. The third kappa shape index (κ3) is 2.63. The highest BCUT2D eigenvalue weighted by molar-refractivity contribution is 6.35. The third-order valence-electron chi connectivity index (χ3n) is 3.41. The predicted molar refractivity (Wildman–Crippen MR) is 81.4 cm³/mol. The Labute approximate surface area is 119 Å². The number of nitrogens with two attached hydrogens (primary N) is 1. The van der Waals surface area contributed by atoms with Crippen molar-refractivity contribution >= 4 is 22.6 Å². The molecule has 0 spiro atoms. The number of hydrogen-bond acceptors (Lipinski definition) is 2. The van der Waals surface area contributed by atoms with Crippen molar-refractivity contribution < 1.29 is 0 Å². The lowest BCUT2D eigenvalue weighted by atomic mass is 9.87. The van der Waals surface area contributed by atoms with E-state index in [0.29, 0.717) is 0 Å². The van der Waals surface area contributed by atoms with E-state index in [2.05, 4.69) is 32.3 Å². The molecule has 1 aromatic carbocycles. The van der Waals surface area contributed by atoms with Crippen LogP contribution in [-0.2, 0) is 6.54 Å². The first-order valence-corrected chi connectivity index (χ1v) is 7.14. The highest BCUT2D eigenvalue weighted by Crippen LogP contribution is 2.33. The molecule has 2 N–H and O–H groups in total. The molecule has 0 aliphatic heterocycles. The number of aromatic nitrogens is 2. The maximum Gasteiger partial charge on any atom is 0.127 e. The average Bonchev–Trinajstić information content (AvgIpc) is 2.68. The molecule has 4 heteroatoms. The number of imidazole rings is 1. The van der Waals surface area contributed by atoms with Gasteiger partial charge in [-0.3, -0.25) is 0 Å². The van der Waals surface area contributed by atoms with Crippen molar-refractivity contribution in [1.82, 2.24) is 9.55 Å². The van der Waals surface area contributed by atoms with Crippen LogP contribution in [0.2, 0.25) is 5.02 Å². The summed E-state index contributed by atoms with van der Waals surface area (Å²) in [6.45, 7) is 9.44. The summed E-state index contributed by atoms with van der Waals surface area (Å²) < 4.78 is 2.17. The molecule has 0 bridgehead atoms. The molecule has 19 heavy (non-hydrogen) atoms. The van der Waals surface area contributed by atoms with Gasteiger partial charge in [0.1, 0.15) is 5.82 Å². The van der Waals surface area contributed by atoms with E-state index in [1.54, 1.807) is 0 Å². The molecule has 0 saturated heterocycles. The quantitative estimate of drug-likeness (QED) is 0.917. The summed E-state index contributed by atoms with van der Waals surface area (Å²) in [5.74, 6) is 0.928.